The number of rotatable bonds is 3. The molecule has 0 unspecified atom stereocenters. The fourth-order valence-electron chi connectivity index (χ4n) is 2.42. The van der Waals surface area contributed by atoms with Crippen molar-refractivity contribution in [1.29, 1.82) is 0 Å². The Balaban J connectivity index is 2.62. The van der Waals surface area contributed by atoms with Crippen molar-refractivity contribution in [1.82, 2.24) is 4.90 Å². The molecule has 4 nitrogen and oxygen atoms in total. The van der Waals surface area contributed by atoms with E-state index < -0.39 is 5.60 Å². The predicted octanol–water partition coefficient (Wildman–Crippen LogP) is 2.40. The molecule has 0 spiro atoms. The molecule has 1 rings (SSSR count). The lowest BCUT2D eigenvalue weighted by molar-refractivity contribution is 0.0143. The summed E-state index contributed by atoms with van der Waals surface area (Å²) in [6, 6.07) is -0.0650. The van der Waals surface area contributed by atoms with Crippen LogP contribution in [-0.2, 0) is 4.74 Å². The molecule has 1 fully saturated rings. The van der Waals surface area contributed by atoms with E-state index in [1.165, 1.54) is 0 Å². The van der Waals surface area contributed by atoms with Gasteiger partial charge in [-0.05, 0) is 39.5 Å². The fourth-order valence-corrected chi connectivity index (χ4v) is 2.42. The monoisotopic (exact) mass is 243 g/mol. The Bertz CT molecular complexity index is 260. The Morgan fingerprint density at radius 1 is 1.47 bits per heavy atom. The highest BCUT2D eigenvalue weighted by molar-refractivity contribution is 5.69. The normalized spacial score (nSPS) is 25.1. The standard InChI is InChI=1S/C13H25NO3/c1-5-6-10-7-8-14(11(10)9-15)12(16)17-13(2,3)4/h10-11,15H,5-9H2,1-4H3/t10-,11-/m0/s1. The molecule has 2 atom stereocenters. The number of carbonyl (C=O) groups excluding carboxylic acids is 1. The van der Waals surface area contributed by atoms with Crippen LogP contribution in [0.3, 0.4) is 0 Å². The molecule has 0 bridgehead atoms. The molecular formula is C13H25NO3. The van der Waals surface area contributed by atoms with E-state index in [-0.39, 0.29) is 18.7 Å². The van der Waals surface area contributed by atoms with E-state index >= 15 is 0 Å². The fraction of sp³-hybridized carbons (Fsp3) is 0.923. The van der Waals surface area contributed by atoms with Crippen molar-refractivity contribution in [2.75, 3.05) is 13.2 Å². The lowest BCUT2D eigenvalue weighted by Gasteiger charge is -2.29. The van der Waals surface area contributed by atoms with Crippen LogP contribution in [0.15, 0.2) is 0 Å². The molecule has 17 heavy (non-hydrogen) atoms. The maximum atomic E-state index is 12.0. The van der Waals surface area contributed by atoms with Gasteiger partial charge < -0.3 is 14.7 Å². The van der Waals surface area contributed by atoms with Crippen molar-refractivity contribution in [3.63, 3.8) is 0 Å². The second kappa shape index (κ2) is 5.71. The van der Waals surface area contributed by atoms with Gasteiger partial charge >= 0.3 is 6.09 Å². The molecule has 1 aliphatic heterocycles. The highest BCUT2D eigenvalue weighted by atomic mass is 16.6. The van der Waals surface area contributed by atoms with Crippen molar-refractivity contribution in [2.45, 2.75) is 58.6 Å². The third kappa shape index (κ3) is 3.87. The second-order valence-corrected chi connectivity index (χ2v) is 5.76. The van der Waals surface area contributed by atoms with Crippen molar-refractivity contribution in [2.24, 2.45) is 5.92 Å². The van der Waals surface area contributed by atoms with Gasteiger partial charge in [0.2, 0.25) is 0 Å². The Morgan fingerprint density at radius 2 is 2.12 bits per heavy atom. The first kappa shape index (κ1) is 14.3. The van der Waals surface area contributed by atoms with Crippen LogP contribution in [0, 0.1) is 5.92 Å². The average Bonchev–Trinajstić information content (AvgIpc) is 2.58. The highest BCUT2D eigenvalue weighted by Gasteiger charge is 2.37. The van der Waals surface area contributed by atoms with Crippen molar-refractivity contribution in [3.8, 4) is 0 Å². The molecule has 0 radical (unpaired) electrons. The zero-order chi connectivity index (χ0) is 13.1. The second-order valence-electron chi connectivity index (χ2n) is 5.76. The zero-order valence-corrected chi connectivity index (χ0v) is 11.4. The molecule has 100 valence electrons. The maximum absolute atomic E-state index is 12.0. The van der Waals surface area contributed by atoms with Gasteiger partial charge in [0.15, 0.2) is 0 Å². The quantitative estimate of drug-likeness (QED) is 0.828. The van der Waals surface area contributed by atoms with E-state index in [0.717, 1.165) is 19.3 Å². The number of nitrogens with zero attached hydrogens (tertiary/aromatic N) is 1. The number of likely N-dealkylation sites (tertiary alicyclic amines) is 1. The van der Waals surface area contributed by atoms with Gasteiger partial charge in [-0.25, -0.2) is 4.79 Å². The van der Waals surface area contributed by atoms with Gasteiger partial charge in [-0.2, -0.15) is 0 Å². The SMILES string of the molecule is CCC[C@H]1CCN(C(=O)OC(C)(C)C)[C@H]1CO. The Morgan fingerprint density at radius 3 is 2.59 bits per heavy atom. The van der Waals surface area contributed by atoms with E-state index in [1.807, 2.05) is 20.8 Å². The number of aliphatic hydroxyl groups excluding tert-OH is 1. The summed E-state index contributed by atoms with van der Waals surface area (Å²) in [4.78, 5) is 13.7. The van der Waals surface area contributed by atoms with E-state index in [0.29, 0.717) is 12.5 Å². The molecule has 1 heterocycles. The van der Waals surface area contributed by atoms with Gasteiger partial charge in [0.1, 0.15) is 5.60 Å². The molecular weight excluding hydrogens is 218 g/mol. The maximum Gasteiger partial charge on any atom is 0.410 e. The summed E-state index contributed by atoms with van der Waals surface area (Å²) in [5.74, 6) is 0.414. The number of amides is 1. The molecule has 0 aromatic heterocycles. The van der Waals surface area contributed by atoms with Crippen molar-refractivity contribution >= 4 is 6.09 Å². The largest absolute Gasteiger partial charge is 0.444 e. The van der Waals surface area contributed by atoms with Gasteiger partial charge in [-0.3, -0.25) is 0 Å². The van der Waals surface area contributed by atoms with Crippen LogP contribution in [-0.4, -0.2) is 40.9 Å². The minimum absolute atomic E-state index is 0.0317. The van der Waals surface area contributed by atoms with Crippen molar-refractivity contribution in [3.05, 3.63) is 0 Å². The summed E-state index contributed by atoms with van der Waals surface area (Å²) in [7, 11) is 0. The van der Waals surface area contributed by atoms with E-state index in [2.05, 4.69) is 6.92 Å². The van der Waals surface area contributed by atoms with Crippen LogP contribution in [0.2, 0.25) is 0 Å². The minimum Gasteiger partial charge on any atom is -0.444 e. The van der Waals surface area contributed by atoms with Gasteiger partial charge in [-0.15, -0.1) is 0 Å². The Kier molecular flexibility index (Phi) is 4.80. The third-order valence-corrected chi connectivity index (χ3v) is 3.16. The minimum atomic E-state index is -0.472. The van der Waals surface area contributed by atoms with Crippen molar-refractivity contribution < 1.29 is 14.6 Å². The molecule has 1 amide bonds. The number of hydrogen-bond acceptors (Lipinski definition) is 3. The molecule has 4 heteroatoms. The first-order valence-electron chi connectivity index (χ1n) is 6.49. The summed E-state index contributed by atoms with van der Waals surface area (Å²) in [6.45, 7) is 8.44. The highest BCUT2D eigenvalue weighted by Crippen LogP contribution is 2.29. The number of ether oxygens (including phenoxy) is 1. The average molecular weight is 243 g/mol. The number of carbonyl (C=O) groups is 1. The van der Waals surface area contributed by atoms with Gasteiger partial charge in [0.05, 0.1) is 12.6 Å². The molecule has 0 aromatic rings. The lowest BCUT2D eigenvalue weighted by Crippen LogP contribution is -2.43. The smallest absolute Gasteiger partial charge is 0.410 e. The molecule has 0 aromatic carbocycles. The number of hydrogen-bond donors (Lipinski definition) is 1. The summed E-state index contributed by atoms with van der Waals surface area (Å²) >= 11 is 0. The summed E-state index contributed by atoms with van der Waals surface area (Å²) < 4.78 is 5.36. The molecule has 0 saturated carbocycles. The summed E-state index contributed by atoms with van der Waals surface area (Å²) in [6.07, 6.45) is 2.82. The zero-order valence-electron chi connectivity index (χ0n) is 11.4. The van der Waals surface area contributed by atoms with Crippen LogP contribution >= 0.6 is 0 Å². The van der Waals surface area contributed by atoms with E-state index in [4.69, 9.17) is 4.74 Å². The topological polar surface area (TPSA) is 49.8 Å². The van der Waals surface area contributed by atoms with Gasteiger partial charge in [0.25, 0.3) is 0 Å². The van der Waals surface area contributed by atoms with Crippen LogP contribution < -0.4 is 0 Å². The first-order valence-corrected chi connectivity index (χ1v) is 6.49. The van der Waals surface area contributed by atoms with E-state index in [1.54, 1.807) is 4.90 Å². The molecule has 1 aliphatic rings. The third-order valence-electron chi connectivity index (χ3n) is 3.16. The van der Waals surface area contributed by atoms with Crippen LogP contribution in [0.1, 0.15) is 47.0 Å². The Labute approximate surface area is 104 Å². The molecule has 0 aliphatic carbocycles. The van der Waals surface area contributed by atoms with Gasteiger partial charge in [0, 0.05) is 6.54 Å². The predicted molar refractivity (Wildman–Crippen MR) is 66.8 cm³/mol. The van der Waals surface area contributed by atoms with Crippen LogP contribution in [0.25, 0.3) is 0 Å². The summed E-state index contributed by atoms with van der Waals surface area (Å²) in [5.41, 5.74) is -0.472. The molecule has 1 N–H and O–H groups in total. The molecule has 1 saturated heterocycles. The number of aliphatic hydroxyl groups is 1. The first-order chi connectivity index (χ1) is 7.89. The van der Waals surface area contributed by atoms with Crippen LogP contribution in [0.4, 0.5) is 4.79 Å². The van der Waals surface area contributed by atoms with Gasteiger partial charge in [-0.1, -0.05) is 13.3 Å². The van der Waals surface area contributed by atoms with E-state index in [9.17, 15) is 9.90 Å². The lowest BCUT2D eigenvalue weighted by atomic mass is 9.96. The Hall–Kier alpha value is -0.770. The summed E-state index contributed by atoms with van der Waals surface area (Å²) in [5, 5.41) is 9.43. The van der Waals surface area contributed by atoms with Crippen LogP contribution in [0.5, 0.6) is 0 Å².